The van der Waals surface area contributed by atoms with Crippen molar-refractivity contribution in [3.05, 3.63) is 28.8 Å². The van der Waals surface area contributed by atoms with Crippen LogP contribution in [0.2, 0.25) is 5.02 Å². The second-order valence-electron chi connectivity index (χ2n) is 5.88. The molecule has 3 heteroatoms. The zero-order chi connectivity index (χ0) is 13.1. The molecule has 0 atom stereocenters. The highest BCUT2D eigenvalue weighted by Crippen LogP contribution is 2.35. The van der Waals surface area contributed by atoms with Crippen LogP contribution in [0.15, 0.2) is 18.2 Å². The van der Waals surface area contributed by atoms with E-state index in [1.807, 2.05) is 12.1 Å². The fourth-order valence-electron chi connectivity index (χ4n) is 2.76. The SMILES string of the molecule is Clc1cccc(CC2CCNCC2)c1OCC1CC1. The van der Waals surface area contributed by atoms with Gasteiger partial charge in [-0.1, -0.05) is 23.7 Å². The van der Waals surface area contributed by atoms with Crippen molar-refractivity contribution in [1.82, 2.24) is 5.32 Å². The average molecular weight is 280 g/mol. The van der Waals surface area contributed by atoms with E-state index in [0.717, 1.165) is 48.7 Å². The van der Waals surface area contributed by atoms with Gasteiger partial charge in [0.15, 0.2) is 0 Å². The van der Waals surface area contributed by atoms with Gasteiger partial charge >= 0.3 is 0 Å². The number of hydrogen-bond donors (Lipinski definition) is 1. The topological polar surface area (TPSA) is 21.3 Å². The van der Waals surface area contributed by atoms with Gasteiger partial charge in [0.2, 0.25) is 0 Å². The van der Waals surface area contributed by atoms with Crippen LogP contribution in [0, 0.1) is 11.8 Å². The maximum Gasteiger partial charge on any atom is 0.141 e. The maximum atomic E-state index is 6.31. The molecule has 0 bridgehead atoms. The summed E-state index contributed by atoms with van der Waals surface area (Å²) >= 11 is 6.31. The molecule has 1 aromatic rings. The predicted molar refractivity (Wildman–Crippen MR) is 79.0 cm³/mol. The fraction of sp³-hybridized carbons (Fsp3) is 0.625. The molecule has 1 saturated carbocycles. The fourth-order valence-corrected chi connectivity index (χ4v) is 3.01. The summed E-state index contributed by atoms with van der Waals surface area (Å²) in [4.78, 5) is 0. The van der Waals surface area contributed by atoms with E-state index >= 15 is 0 Å². The van der Waals surface area contributed by atoms with E-state index < -0.39 is 0 Å². The molecule has 0 amide bonds. The van der Waals surface area contributed by atoms with Crippen LogP contribution in [0.4, 0.5) is 0 Å². The third-order valence-electron chi connectivity index (χ3n) is 4.18. The van der Waals surface area contributed by atoms with Crippen molar-refractivity contribution in [2.45, 2.75) is 32.1 Å². The quantitative estimate of drug-likeness (QED) is 0.888. The molecule has 0 aromatic heterocycles. The molecule has 2 nitrogen and oxygen atoms in total. The molecule has 0 unspecified atom stereocenters. The molecular formula is C16H22ClNO. The Morgan fingerprint density at radius 2 is 1.89 bits per heavy atom. The van der Waals surface area contributed by atoms with Crippen LogP contribution in [0.3, 0.4) is 0 Å². The van der Waals surface area contributed by atoms with Crippen molar-refractivity contribution in [2.24, 2.45) is 11.8 Å². The number of nitrogens with one attached hydrogen (secondary N) is 1. The zero-order valence-corrected chi connectivity index (χ0v) is 12.1. The van der Waals surface area contributed by atoms with Gasteiger partial charge in [-0.05, 0) is 68.7 Å². The number of ether oxygens (including phenoxy) is 1. The number of hydrogen-bond acceptors (Lipinski definition) is 2. The molecule has 1 aliphatic carbocycles. The lowest BCUT2D eigenvalue weighted by Gasteiger charge is -2.23. The minimum Gasteiger partial charge on any atom is -0.491 e. The van der Waals surface area contributed by atoms with Crippen molar-refractivity contribution >= 4 is 11.6 Å². The number of benzene rings is 1. The van der Waals surface area contributed by atoms with Crippen LogP contribution in [-0.2, 0) is 6.42 Å². The molecule has 1 saturated heterocycles. The van der Waals surface area contributed by atoms with Gasteiger partial charge in [-0.25, -0.2) is 0 Å². The lowest BCUT2D eigenvalue weighted by molar-refractivity contribution is 0.292. The Bertz CT molecular complexity index is 425. The first kappa shape index (κ1) is 13.3. The average Bonchev–Trinajstić information content (AvgIpc) is 3.23. The smallest absolute Gasteiger partial charge is 0.141 e. The summed E-state index contributed by atoms with van der Waals surface area (Å²) in [7, 11) is 0. The van der Waals surface area contributed by atoms with Crippen LogP contribution >= 0.6 is 11.6 Å². The van der Waals surface area contributed by atoms with Gasteiger partial charge in [0, 0.05) is 0 Å². The van der Waals surface area contributed by atoms with Crippen molar-refractivity contribution < 1.29 is 4.74 Å². The van der Waals surface area contributed by atoms with Gasteiger partial charge in [-0.3, -0.25) is 0 Å². The molecule has 19 heavy (non-hydrogen) atoms. The standard InChI is InChI=1S/C16H22ClNO/c17-15-3-1-2-14(10-12-6-8-18-9-7-12)16(15)19-11-13-4-5-13/h1-3,12-13,18H,4-11H2. The number of halogens is 1. The van der Waals surface area contributed by atoms with E-state index in [1.165, 1.54) is 31.2 Å². The van der Waals surface area contributed by atoms with Crippen LogP contribution in [0.5, 0.6) is 5.75 Å². The summed E-state index contributed by atoms with van der Waals surface area (Å²) in [5, 5.41) is 4.19. The van der Waals surface area contributed by atoms with Crippen LogP contribution < -0.4 is 10.1 Å². The Morgan fingerprint density at radius 3 is 2.63 bits per heavy atom. The molecule has 3 rings (SSSR count). The van der Waals surface area contributed by atoms with Crippen molar-refractivity contribution in [3.8, 4) is 5.75 Å². The molecule has 2 aliphatic rings. The van der Waals surface area contributed by atoms with E-state index in [2.05, 4.69) is 11.4 Å². The molecule has 1 aliphatic heterocycles. The third-order valence-corrected chi connectivity index (χ3v) is 4.47. The van der Waals surface area contributed by atoms with Gasteiger partial charge in [-0.2, -0.15) is 0 Å². The Labute approximate surface area is 120 Å². The molecule has 0 spiro atoms. The Hall–Kier alpha value is -0.730. The zero-order valence-electron chi connectivity index (χ0n) is 11.3. The Morgan fingerprint density at radius 1 is 1.11 bits per heavy atom. The van der Waals surface area contributed by atoms with E-state index in [0.29, 0.717) is 0 Å². The Balaban J connectivity index is 1.68. The second-order valence-corrected chi connectivity index (χ2v) is 6.29. The highest BCUT2D eigenvalue weighted by atomic mass is 35.5. The van der Waals surface area contributed by atoms with Gasteiger partial charge in [0.05, 0.1) is 11.6 Å². The molecule has 1 N–H and O–H groups in total. The summed E-state index contributed by atoms with van der Waals surface area (Å²) in [6.07, 6.45) is 6.24. The lowest BCUT2D eigenvalue weighted by atomic mass is 9.90. The minimum absolute atomic E-state index is 0.767. The molecular weight excluding hydrogens is 258 g/mol. The van der Waals surface area contributed by atoms with Crippen LogP contribution in [-0.4, -0.2) is 19.7 Å². The lowest BCUT2D eigenvalue weighted by Crippen LogP contribution is -2.28. The van der Waals surface area contributed by atoms with Gasteiger partial charge in [0.1, 0.15) is 5.75 Å². The second kappa shape index (κ2) is 6.15. The largest absolute Gasteiger partial charge is 0.491 e. The molecule has 0 radical (unpaired) electrons. The van der Waals surface area contributed by atoms with Gasteiger partial charge in [-0.15, -0.1) is 0 Å². The van der Waals surface area contributed by atoms with Gasteiger partial charge < -0.3 is 10.1 Å². The van der Waals surface area contributed by atoms with Gasteiger partial charge in [0.25, 0.3) is 0 Å². The van der Waals surface area contributed by atoms with E-state index in [9.17, 15) is 0 Å². The summed E-state index contributed by atoms with van der Waals surface area (Å²) in [6.45, 7) is 3.12. The molecule has 2 fully saturated rings. The van der Waals surface area contributed by atoms with Crippen molar-refractivity contribution in [2.75, 3.05) is 19.7 Å². The molecule has 1 heterocycles. The maximum absolute atomic E-state index is 6.31. The van der Waals surface area contributed by atoms with Crippen molar-refractivity contribution in [1.29, 1.82) is 0 Å². The monoisotopic (exact) mass is 279 g/mol. The number of para-hydroxylation sites is 1. The number of rotatable bonds is 5. The highest BCUT2D eigenvalue weighted by Gasteiger charge is 2.23. The summed E-state index contributed by atoms with van der Waals surface area (Å²) in [5.74, 6) is 2.47. The van der Waals surface area contributed by atoms with E-state index in [-0.39, 0.29) is 0 Å². The summed E-state index contributed by atoms with van der Waals surface area (Å²) < 4.78 is 5.99. The molecule has 1 aromatic carbocycles. The van der Waals surface area contributed by atoms with Crippen molar-refractivity contribution in [3.63, 3.8) is 0 Å². The summed E-state index contributed by atoms with van der Waals surface area (Å²) in [6, 6.07) is 6.16. The first-order valence-electron chi connectivity index (χ1n) is 7.44. The minimum atomic E-state index is 0.767. The third kappa shape index (κ3) is 3.64. The van der Waals surface area contributed by atoms with E-state index in [4.69, 9.17) is 16.3 Å². The summed E-state index contributed by atoms with van der Waals surface area (Å²) in [5.41, 5.74) is 1.29. The Kier molecular flexibility index (Phi) is 4.29. The van der Waals surface area contributed by atoms with E-state index in [1.54, 1.807) is 0 Å². The first-order chi connectivity index (χ1) is 9.33. The predicted octanol–water partition coefficient (Wildman–Crippen LogP) is 3.67. The van der Waals surface area contributed by atoms with Crippen LogP contribution in [0.25, 0.3) is 0 Å². The number of piperidine rings is 1. The molecule has 104 valence electrons. The normalized spacial score (nSPS) is 20.5. The first-order valence-corrected chi connectivity index (χ1v) is 7.81. The highest BCUT2D eigenvalue weighted by molar-refractivity contribution is 6.32. The van der Waals surface area contributed by atoms with Crippen LogP contribution in [0.1, 0.15) is 31.2 Å².